The van der Waals surface area contributed by atoms with Gasteiger partial charge in [-0.05, 0) is 42.6 Å². The van der Waals surface area contributed by atoms with E-state index in [0.717, 1.165) is 11.3 Å². The normalized spacial score (nSPS) is 9.93. The molecule has 0 aromatic heterocycles. The van der Waals surface area contributed by atoms with Crippen molar-refractivity contribution < 1.29 is 9.53 Å². The van der Waals surface area contributed by atoms with Gasteiger partial charge in [0.05, 0.1) is 13.0 Å². The SMILES string of the molecule is Cc1cccc(OCCC(=O)Cl)c1C. The van der Waals surface area contributed by atoms with Gasteiger partial charge in [-0.15, -0.1) is 0 Å². The Bertz CT molecular complexity index is 334. The first-order valence-corrected chi connectivity index (χ1v) is 4.86. The number of rotatable bonds is 4. The molecule has 2 nitrogen and oxygen atoms in total. The molecular formula is C11H13ClO2. The molecule has 0 atom stereocenters. The van der Waals surface area contributed by atoms with Gasteiger partial charge in [-0.25, -0.2) is 0 Å². The number of aryl methyl sites for hydroxylation is 1. The maximum absolute atomic E-state index is 10.5. The summed E-state index contributed by atoms with van der Waals surface area (Å²) in [6, 6.07) is 5.84. The summed E-state index contributed by atoms with van der Waals surface area (Å²) in [6.07, 6.45) is 0.245. The van der Waals surface area contributed by atoms with Crippen LogP contribution in [0, 0.1) is 13.8 Å². The largest absolute Gasteiger partial charge is 0.493 e. The average molecular weight is 213 g/mol. The van der Waals surface area contributed by atoms with Crippen LogP contribution in [0.1, 0.15) is 17.5 Å². The molecule has 0 N–H and O–H groups in total. The summed E-state index contributed by atoms with van der Waals surface area (Å²) in [5, 5.41) is -0.365. The van der Waals surface area contributed by atoms with E-state index in [-0.39, 0.29) is 11.7 Å². The number of halogens is 1. The van der Waals surface area contributed by atoms with Crippen LogP contribution in [0.25, 0.3) is 0 Å². The van der Waals surface area contributed by atoms with Crippen molar-refractivity contribution in [2.45, 2.75) is 20.3 Å². The van der Waals surface area contributed by atoms with Crippen LogP contribution in [0.5, 0.6) is 5.75 Å². The zero-order chi connectivity index (χ0) is 10.6. The molecule has 0 amide bonds. The summed E-state index contributed by atoms with van der Waals surface area (Å²) < 4.78 is 5.42. The number of carbonyl (C=O) groups excluding carboxylic acids is 1. The van der Waals surface area contributed by atoms with E-state index in [0.29, 0.717) is 6.61 Å². The second kappa shape index (κ2) is 5.01. The third-order valence-electron chi connectivity index (χ3n) is 2.11. The van der Waals surface area contributed by atoms with Gasteiger partial charge in [0.15, 0.2) is 0 Å². The molecule has 1 aromatic rings. The van der Waals surface area contributed by atoms with E-state index in [2.05, 4.69) is 0 Å². The van der Waals surface area contributed by atoms with Gasteiger partial charge in [0.2, 0.25) is 5.24 Å². The van der Waals surface area contributed by atoms with Crippen LogP contribution in [0.3, 0.4) is 0 Å². The minimum absolute atomic E-state index is 0.245. The third kappa shape index (κ3) is 3.04. The highest BCUT2D eigenvalue weighted by Crippen LogP contribution is 2.20. The Morgan fingerprint density at radius 2 is 2.14 bits per heavy atom. The third-order valence-corrected chi connectivity index (χ3v) is 2.30. The molecule has 0 bridgehead atoms. The maximum Gasteiger partial charge on any atom is 0.225 e. The minimum atomic E-state index is -0.365. The predicted molar refractivity (Wildman–Crippen MR) is 56.9 cm³/mol. The molecule has 0 saturated heterocycles. The molecule has 1 aromatic carbocycles. The van der Waals surface area contributed by atoms with Crippen molar-refractivity contribution in [1.82, 2.24) is 0 Å². The molecule has 1 rings (SSSR count). The number of ether oxygens (including phenoxy) is 1. The molecule has 0 saturated carbocycles. The number of carbonyl (C=O) groups is 1. The Morgan fingerprint density at radius 3 is 2.79 bits per heavy atom. The van der Waals surface area contributed by atoms with Gasteiger partial charge in [0.1, 0.15) is 5.75 Å². The fourth-order valence-corrected chi connectivity index (χ4v) is 1.20. The van der Waals surface area contributed by atoms with Gasteiger partial charge in [-0.1, -0.05) is 12.1 Å². The molecule has 76 valence electrons. The monoisotopic (exact) mass is 212 g/mol. The standard InChI is InChI=1S/C11H13ClO2/c1-8-4-3-5-10(9(8)2)14-7-6-11(12)13/h3-5H,6-7H2,1-2H3. The Morgan fingerprint density at radius 1 is 1.43 bits per heavy atom. The lowest BCUT2D eigenvalue weighted by atomic mass is 10.1. The minimum Gasteiger partial charge on any atom is -0.493 e. The second-order valence-electron chi connectivity index (χ2n) is 3.15. The van der Waals surface area contributed by atoms with Crippen molar-refractivity contribution in [1.29, 1.82) is 0 Å². The van der Waals surface area contributed by atoms with Gasteiger partial charge in [-0.2, -0.15) is 0 Å². The van der Waals surface area contributed by atoms with Crippen LogP contribution in [0.15, 0.2) is 18.2 Å². The van der Waals surface area contributed by atoms with Crippen LogP contribution in [-0.4, -0.2) is 11.8 Å². The van der Waals surface area contributed by atoms with Crippen LogP contribution in [0.2, 0.25) is 0 Å². The van der Waals surface area contributed by atoms with Gasteiger partial charge < -0.3 is 4.74 Å². The lowest BCUT2D eigenvalue weighted by molar-refractivity contribution is -0.112. The fraction of sp³-hybridized carbons (Fsp3) is 0.364. The van der Waals surface area contributed by atoms with Crippen molar-refractivity contribution in [3.8, 4) is 5.75 Å². The molecule has 0 radical (unpaired) electrons. The van der Waals surface area contributed by atoms with Crippen LogP contribution < -0.4 is 4.74 Å². The molecule has 0 aliphatic heterocycles. The lowest BCUT2D eigenvalue weighted by Crippen LogP contribution is -2.02. The Hall–Kier alpha value is -1.02. The summed E-state index contributed by atoms with van der Waals surface area (Å²) in [7, 11) is 0. The highest BCUT2D eigenvalue weighted by molar-refractivity contribution is 6.63. The van der Waals surface area contributed by atoms with E-state index in [1.165, 1.54) is 5.56 Å². The van der Waals surface area contributed by atoms with Crippen molar-refractivity contribution in [3.05, 3.63) is 29.3 Å². The van der Waals surface area contributed by atoms with Gasteiger partial charge >= 0.3 is 0 Å². The molecule has 14 heavy (non-hydrogen) atoms. The van der Waals surface area contributed by atoms with Crippen LogP contribution in [-0.2, 0) is 4.79 Å². The van der Waals surface area contributed by atoms with Gasteiger partial charge in [-0.3, -0.25) is 4.79 Å². The highest BCUT2D eigenvalue weighted by Gasteiger charge is 2.02. The van der Waals surface area contributed by atoms with E-state index < -0.39 is 0 Å². The van der Waals surface area contributed by atoms with E-state index >= 15 is 0 Å². The number of hydrogen-bond acceptors (Lipinski definition) is 2. The Kier molecular flexibility index (Phi) is 3.96. The zero-order valence-electron chi connectivity index (χ0n) is 8.34. The molecule has 0 heterocycles. The molecule has 0 spiro atoms. The topological polar surface area (TPSA) is 26.3 Å². The number of benzene rings is 1. The van der Waals surface area contributed by atoms with Gasteiger partial charge in [0.25, 0.3) is 0 Å². The highest BCUT2D eigenvalue weighted by atomic mass is 35.5. The molecule has 3 heteroatoms. The molecule has 0 aliphatic carbocycles. The Balaban J connectivity index is 2.59. The van der Waals surface area contributed by atoms with E-state index in [1.807, 2.05) is 32.0 Å². The smallest absolute Gasteiger partial charge is 0.225 e. The fourth-order valence-electron chi connectivity index (χ4n) is 1.12. The second-order valence-corrected chi connectivity index (χ2v) is 3.57. The molecule has 0 fully saturated rings. The van der Waals surface area contributed by atoms with E-state index in [1.54, 1.807) is 0 Å². The zero-order valence-corrected chi connectivity index (χ0v) is 9.10. The Labute approximate surface area is 88.8 Å². The first kappa shape index (κ1) is 11.1. The summed E-state index contributed by atoms with van der Waals surface area (Å²) >= 11 is 5.20. The van der Waals surface area contributed by atoms with Crippen molar-refractivity contribution >= 4 is 16.8 Å². The maximum atomic E-state index is 10.5. The first-order chi connectivity index (χ1) is 6.61. The van der Waals surface area contributed by atoms with Crippen LogP contribution in [0.4, 0.5) is 0 Å². The van der Waals surface area contributed by atoms with Crippen LogP contribution >= 0.6 is 11.6 Å². The van der Waals surface area contributed by atoms with Gasteiger partial charge in [0, 0.05) is 0 Å². The summed E-state index contributed by atoms with van der Waals surface area (Å²) in [6.45, 7) is 4.36. The summed E-state index contributed by atoms with van der Waals surface area (Å²) in [5.41, 5.74) is 2.29. The number of hydrogen-bond donors (Lipinski definition) is 0. The molecule has 0 aliphatic rings. The average Bonchev–Trinajstić information content (AvgIpc) is 2.12. The van der Waals surface area contributed by atoms with Crippen molar-refractivity contribution in [2.24, 2.45) is 0 Å². The van der Waals surface area contributed by atoms with E-state index in [9.17, 15) is 4.79 Å². The van der Waals surface area contributed by atoms with Crippen molar-refractivity contribution in [2.75, 3.05) is 6.61 Å². The predicted octanol–water partition coefficient (Wildman–Crippen LogP) is 2.84. The quantitative estimate of drug-likeness (QED) is 0.718. The summed E-state index contributed by atoms with van der Waals surface area (Å²) in [4.78, 5) is 10.5. The molecule has 0 unspecified atom stereocenters. The molecular weight excluding hydrogens is 200 g/mol. The van der Waals surface area contributed by atoms with E-state index in [4.69, 9.17) is 16.3 Å². The van der Waals surface area contributed by atoms with Crippen molar-refractivity contribution in [3.63, 3.8) is 0 Å². The summed E-state index contributed by atoms with van der Waals surface area (Å²) in [5.74, 6) is 0.822. The first-order valence-electron chi connectivity index (χ1n) is 4.48. The lowest BCUT2D eigenvalue weighted by Gasteiger charge is -2.09.